The molecule has 2 amide bonds. The van der Waals surface area contributed by atoms with E-state index in [4.69, 9.17) is 11.6 Å². The van der Waals surface area contributed by atoms with Crippen molar-refractivity contribution in [1.29, 1.82) is 0 Å². The molecule has 0 spiro atoms. The molecule has 1 heterocycles. The van der Waals surface area contributed by atoms with Crippen LogP contribution in [-0.4, -0.2) is 16.8 Å². The Morgan fingerprint density at radius 1 is 0.889 bits per heavy atom. The van der Waals surface area contributed by atoms with E-state index in [2.05, 4.69) is 15.6 Å². The molecule has 0 fully saturated rings. The number of aryl methyl sites for hydroxylation is 1. The second-order valence-electron chi connectivity index (χ2n) is 6.07. The summed E-state index contributed by atoms with van der Waals surface area (Å²) in [5.41, 5.74) is 3.53. The SMILES string of the molecule is Cc1ccccc1NC(=O)c1ccnc(C(=O)Nc2cccc(Cl)c2C)c1. The Hall–Kier alpha value is -3.18. The third-order valence-electron chi connectivity index (χ3n) is 4.16. The highest BCUT2D eigenvalue weighted by Gasteiger charge is 2.14. The quantitative estimate of drug-likeness (QED) is 0.680. The standard InChI is InChI=1S/C21H18ClN3O2/c1-13-6-3-4-8-17(13)24-20(26)15-10-11-23-19(12-15)21(27)25-18-9-5-7-16(22)14(18)2/h3-12H,1-2H3,(H,24,26)(H,25,27). The first-order chi connectivity index (χ1) is 13.0. The summed E-state index contributed by atoms with van der Waals surface area (Å²) < 4.78 is 0. The Bertz CT molecular complexity index is 1020. The summed E-state index contributed by atoms with van der Waals surface area (Å²) in [7, 11) is 0. The summed E-state index contributed by atoms with van der Waals surface area (Å²) >= 11 is 6.08. The second kappa shape index (κ2) is 8.01. The van der Waals surface area contributed by atoms with Gasteiger partial charge in [-0.3, -0.25) is 14.6 Å². The molecule has 0 saturated carbocycles. The van der Waals surface area contributed by atoms with Crippen molar-refractivity contribution >= 4 is 34.8 Å². The van der Waals surface area contributed by atoms with Gasteiger partial charge in [0.05, 0.1) is 0 Å². The summed E-state index contributed by atoms with van der Waals surface area (Å²) in [6, 6.07) is 15.8. The number of carbonyl (C=O) groups excluding carboxylic acids is 2. The molecule has 0 aliphatic carbocycles. The predicted molar refractivity (Wildman–Crippen MR) is 108 cm³/mol. The summed E-state index contributed by atoms with van der Waals surface area (Å²) in [5, 5.41) is 6.18. The molecule has 0 atom stereocenters. The Balaban J connectivity index is 1.78. The van der Waals surface area contributed by atoms with Crippen LogP contribution in [0.4, 0.5) is 11.4 Å². The molecule has 136 valence electrons. The van der Waals surface area contributed by atoms with Crippen molar-refractivity contribution in [2.24, 2.45) is 0 Å². The van der Waals surface area contributed by atoms with Crippen molar-refractivity contribution in [1.82, 2.24) is 4.98 Å². The normalized spacial score (nSPS) is 10.3. The number of hydrogen-bond acceptors (Lipinski definition) is 3. The molecule has 2 N–H and O–H groups in total. The molecule has 1 aromatic heterocycles. The van der Waals surface area contributed by atoms with Crippen LogP contribution in [-0.2, 0) is 0 Å². The monoisotopic (exact) mass is 379 g/mol. The number of benzene rings is 2. The number of rotatable bonds is 4. The Morgan fingerprint density at radius 3 is 2.37 bits per heavy atom. The van der Waals surface area contributed by atoms with E-state index >= 15 is 0 Å². The third kappa shape index (κ3) is 4.33. The highest BCUT2D eigenvalue weighted by molar-refractivity contribution is 6.31. The van der Waals surface area contributed by atoms with Crippen LogP contribution in [0.2, 0.25) is 5.02 Å². The molecule has 27 heavy (non-hydrogen) atoms. The van der Waals surface area contributed by atoms with Gasteiger partial charge in [-0.25, -0.2) is 0 Å². The van der Waals surface area contributed by atoms with E-state index in [1.165, 1.54) is 12.3 Å². The smallest absolute Gasteiger partial charge is 0.274 e. The number of halogens is 1. The number of anilines is 2. The van der Waals surface area contributed by atoms with Gasteiger partial charge in [0.15, 0.2) is 0 Å². The molecule has 5 nitrogen and oxygen atoms in total. The largest absolute Gasteiger partial charge is 0.322 e. The van der Waals surface area contributed by atoms with Gasteiger partial charge in [-0.15, -0.1) is 0 Å². The van der Waals surface area contributed by atoms with Crippen LogP contribution in [0.15, 0.2) is 60.8 Å². The van der Waals surface area contributed by atoms with E-state index in [-0.39, 0.29) is 11.6 Å². The maximum absolute atomic E-state index is 12.5. The van der Waals surface area contributed by atoms with Crippen molar-refractivity contribution in [3.63, 3.8) is 0 Å². The lowest BCUT2D eigenvalue weighted by atomic mass is 10.1. The minimum Gasteiger partial charge on any atom is -0.322 e. The van der Waals surface area contributed by atoms with Gasteiger partial charge in [0.25, 0.3) is 11.8 Å². The van der Waals surface area contributed by atoms with E-state index in [1.807, 2.05) is 38.1 Å². The number of carbonyl (C=O) groups is 2. The van der Waals surface area contributed by atoms with E-state index in [9.17, 15) is 9.59 Å². The number of amides is 2. The van der Waals surface area contributed by atoms with Crippen LogP contribution in [0, 0.1) is 13.8 Å². The van der Waals surface area contributed by atoms with Gasteiger partial charge in [0.2, 0.25) is 0 Å². The average molecular weight is 380 g/mol. The Morgan fingerprint density at radius 2 is 1.59 bits per heavy atom. The number of para-hydroxylation sites is 1. The van der Waals surface area contributed by atoms with Crippen molar-refractivity contribution in [2.75, 3.05) is 10.6 Å². The van der Waals surface area contributed by atoms with Crippen molar-refractivity contribution < 1.29 is 9.59 Å². The molecule has 0 bridgehead atoms. The summed E-state index contributed by atoms with van der Waals surface area (Å²) in [4.78, 5) is 29.1. The topological polar surface area (TPSA) is 71.1 Å². The van der Waals surface area contributed by atoms with Gasteiger partial charge < -0.3 is 10.6 Å². The van der Waals surface area contributed by atoms with E-state index in [1.54, 1.807) is 24.3 Å². The third-order valence-corrected chi connectivity index (χ3v) is 4.57. The number of hydrogen-bond donors (Lipinski definition) is 2. The zero-order chi connectivity index (χ0) is 19.4. The van der Waals surface area contributed by atoms with Crippen LogP contribution in [0.3, 0.4) is 0 Å². The lowest BCUT2D eigenvalue weighted by molar-refractivity contribution is 0.102. The molecule has 0 saturated heterocycles. The lowest BCUT2D eigenvalue weighted by Crippen LogP contribution is -2.17. The minimum atomic E-state index is -0.411. The van der Waals surface area contributed by atoms with E-state index in [0.29, 0.717) is 16.3 Å². The highest BCUT2D eigenvalue weighted by atomic mass is 35.5. The molecular formula is C21H18ClN3O2. The molecule has 0 unspecified atom stereocenters. The van der Waals surface area contributed by atoms with Gasteiger partial charge in [-0.1, -0.05) is 35.9 Å². The molecule has 6 heteroatoms. The van der Waals surface area contributed by atoms with E-state index in [0.717, 1.165) is 16.8 Å². The number of nitrogens with one attached hydrogen (secondary N) is 2. The van der Waals surface area contributed by atoms with E-state index < -0.39 is 5.91 Å². The number of nitrogens with zero attached hydrogens (tertiary/aromatic N) is 1. The Labute approximate surface area is 162 Å². The second-order valence-corrected chi connectivity index (χ2v) is 6.47. The fourth-order valence-electron chi connectivity index (χ4n) is 2.53. The van der Waals surface area contributed by atoms with Gasteiger partial charge in [-0.2, -0.15) is 0 Å². The maximum atomic E-state index is 12.5. The Kier molecular flexibility index (Phi) is 5.52. The minimum absolute atomic E-state index is 0.145. The predicted octanol–water partition coefficient (Wildman–Crippen LogP) is 4.86. The maximum Gasteiger partial charge on any atom is 0.274 e. The van der Waals surface area contributed by atoms with Crippen LogP contribution in [0.5, 0.6) is 0 Å². The fraction of sp³-hybridized carbons (Fsp3) is 0.0952. The summed E-state index contributed by atoms with van der Waals surface area (Å²) in [6.07, 6.45) is 1.44. The number of pyridine rings is 1. The van der Waals surface area contributed by atoms with Crippen molar-refractivity contribution in [3.05, 3.63) is 88.2 Å². The van der Waals surface area contributed by atoms with Crippen molar-refractivity contribution in [2.45, 2.75) is 13.8 Å². The molecule has 2 aromatic carbocycles. The van der Waals surface area contributed by atoms with Gasteiger partial charge in [0.1, 0.15) is 5.69 Å². The van der Waals surface area contributed by atoms with Crippen LogP contribution in [0.1, 0.15) is 32.0 Å². The van der Waals surface area contributed by atoms with Crippen LogP contribution < -0.4 is 10.6 Å². The summed E-state index contributed by atoms with van der Waals surface area (Å²) in [6.45, 7) is 3.73. The molecule has 3 aromatic rings. The van der Waals surface area contributed by atoms with Gasteiger partial charge >= 0.3 is 0 Å². The molecule has 3 rings (SSSR count). The highest BCUT2D eigenvalue weighted by Crippen LogP contribution is 2.23. The molecule has 0 aliphatic rings. The number of aromatic nitrogens is 1. The zero-order valence-electron chi connectivity index (χ0n) is 14.9. The lowest BCUT2D eigenvalue weighted by Gasteiger charge is -2.10. The molecule has 0 aliphatic heterocycles. The average Bonchev–Trinajstić information content (AvgIpc) is 2.67. The first-order valence-corrected chi connectivity index (χ1v) is 8.73. The zero-order valence-corrected chi connectivity index (χ0v) is 15.7. The molecule has 0 radical (unpaired) electrons. The fourth-order valence-corrected chi connectivity index (χ4v) is 2.71. The summed E-state index contributed by atoms with van der Waals surface area (Å²) in [5.74, 6) is -0.717. The van der Waals surface area contributed by atoms with Crippen LogP contribution >= 0.6 is 11.6 Å². The van der Waals surface area contributed by atoms with Gasteiger partial charge in [0, 0.05) is 28.2 Å². The molecular weight excluding hydrogens is 362 g/mol. The first-order valence-electron chi connectivity index (χ1n) is 8.35. The van der Waals surface area contributed by atoms with Crippen LogP contribution in [0.25, 0.3) is 0 Å². The van der Waals surface area contributed by atoms with Gasteiger partial charge in [-0.05, 0) is 55.3 Å². The van der Waals surface area contributed by atoms with Crippen molar-refractivity contribution in [3.8, 4) is 0 Å². The first kappa shape index (κ1) is 18.6.